The predicted octanol–water partition coefficient (Wildman–Crippen LogP) is 1.61. The molecule has 1 aromatic rings. The maximum atomic E-state index is 12.2. The topological polar surface area (TPSA) is 78.6 Å². The molecule has 2 unspecified atom stereocenters. The van der Waals surface area contributed by atoms with E-state index in [-0.39, 0.29) is 18.1 Å². The molecule has 5 nitrogen and oxygen atoms in total. The normalized spacial score (nSPS) is 14.1. The highest BCUT2D eigenvalue weighted by atomic mass is 16.3. The Morgan fingerprint density at radius 1 is 1.45 bits per heavy atom. The second-order valence-electron chi connectivity index (χ2n) is 5.36. The molecule has 0 saturated heterocycles. The quantitative estimate of drug-likeness (QED) is 0.691. The zero-order valence-electron chi connectivity index (χ0n) is 12.7. The van der Waals surface area contributed by atoms with Crippen LogP contribution in [-0.4, -0.2) is 41.7 Å². The predicted molar refractivity (Wildman–Crippen MR) is 82.6 cm³/mol. The molecule has 0 fully saturated rings. The highest BCUT2D eigenvalue weighted by Gasteiger charge is 2.18. The summed E-state index contributed by atoms with van der Waals surface area (Å²) in [5.41, 5.74) is 8.09. The summed E-state index contributed by atoms with van der Waals surface area (Å²) in [6, 6.07) is 5.15. The number of rotatable bonds is 6. The number of nitrogens with two attached hydrogens (primary N) is 1. The van der Waals surface area contributed by atoms with Crippen LogP contribution in [0.2, 0.25) is 0 Å². The Hall–Kier alpha value is -1.59. The van der Waals surface area contributed by atoms with E-state index in [9.17, 15) is 9.90 Å². The van der Waals surface area contributed by atoms with Crippen molar-refractivity contribution in [1.29, 1.82) is 0 Å². The molecule has 0 aromatic heterocycles. The molecule has 0 aliphatic carbocycles. The van der Waals surface area contributed by atoms with E-state index in [1.807, 2.05) is 37.9 Å². The number of carbonyl (C=O) groups is 1. The number of aryl methyl sites for hydroxylation is 1. The van der Waals surface area contributed by atoms with E-state index in [1.165, 1.54) is 0 Å². The zero-order chi connectivity index (χ0) is 15.3. The van der Waals surface area contributed by atoms with E-state index in [1.54, 1.807) is 13.0 Å². The number of anilines is 2. The lowest BCUT2D eigenvalue weighted by Gasteiger charge is -2.24. The van der Waals surface area contributed by atoms with Crippen LogP contribution >= 0.6 is 0 Å². The van der Waals surface area contributed by atoms with Gasteiger partial charge in [0.1, 0.15) is 0 Å². The second kappa shape index (κ2) is 7.26. The van der Waals surface area contributed by atoms with Gasteiger partial charge in [-0.15, -0.1) is 0 Å². The van der Waals surface area contributed by atoms with Gasteiger partial charge in [0.15, 0.2) is 0 Å². The highest BCUT2D eigenvalue weighted by molar-refractivity contribution is 5.95. The van der Waals surface area contributed by atoms with Crippen LogP contribution in [0, 0.1) is 6.92 Å². The van der Waals surface area contributed by atoms with Gasteiger partial charge in [0.2, 0.25) is 5.91 Å². The van der Waals surface area contributed by atoms with E-state index in [2.05, 4.69) is 5.32 Å². The van der Waals surface area contributed by atoms with Gasteiger partial charge in [0, 0.05) is 17.9 Å². The number of carbonyl (C=O) groups excluding carboxylic acids is 1. The van der Waals surface area contributed by atoms with Crippen molar-refractivity contribution in [3.63, 3.8) is 0 Å². The smallest absolute Gasteiger partial charge is 0.241 e. The Kier molecular flexibility index (Phi) is 5.98. The maximum Gasteiger partial charge on any atom is 0.241 e. The summed E-state index contributed by atoms with van der Waals surface area (Å²) in [6.07, 6.45) is 0.293. The first-order valence-electron chi connectivity index (χ1n) is 6.86. The summed E-state index contributed by atoms with van der Waals surface area (Å²) in [5.74, 6) is -0.0639. The molecular weight excluding hydrogens is 254 g/mol. The first kappa shape index (κ1) is 16.5. The third kappa shape index (κ3) is 4.83. The van der Waals surface area contributed by atoms with Crippen LogP contribution in [0.25, 0.3) is 0 Å². The molecule has 20 heavy (non-hydrogen) atoms. The van der Waals surface area contributed by atoms with Gasteiger partial charge in [-0.3, -0.25) is 9.69 Å². The van der Waals surface area contributed by atoms with Crippen molar-refractivity contribution < 1.29 is 9.90 Å². The number of nitrogen functional groups attached to an aromatic ring is 1. The van der Waals surface area contributed by atoms with Crippen molar-refractivity contribution in [2.45, 2.75) is 39.3 Å². The Labute approximate surface area is 120 Å². The number of hydrogen-bond donors (Lipinski definition) is 3. The molecule has 5 heteroatoms. The lowest BCUT2D eigenvalue weighted by molar-refractivity contribution is -0.120. The summed E-state index contributed by atoms with van der Waals surface area (Å²) >= 11 is 0. The minimum Gasteiger partial charge on any atom is -0.399 e. The fourth-order valence-corrected chi connectivity index (χ4v) is 1.85. The SMILES string of the molecule is Cc1cc(N)ccc1NC(=O)C(C)N(C)CCC(C)O. The minimum atomic E-state index is -0.355. The maximum absolute atomic E-state index is 12.2. The van der Waals surface area contributed by atoms with Crippen molar-refractivity contribution in [3.8, 4) is 0 Å². The third-order valence-electron chi connectivity index (χ3n) is 3.45. The van der Waals surface area contributed by atoms with Crippen LogP contribution in [0.4, 0.5) is 11.4 Å². The second-order valence-corrected chi connectivity index (χ2v) is 5.36. The number of nitrogens with one attached hydrogen (secondary N) is 1. The van der Waals surface area contributed by atoms with Crippen LogP contribution in [-0.2, 0) is 4.79 Å². The molecule has 4 N–H and O–H groups in total. The van der Waals surface area contributed by atoms with Crippen molar-refractivity contribution in [2.24, 2.45) is 0 Å². The van der Waals surface area contributed by atoms with Crippen molar-refractivity contribution in [2.75, 3.05) is 24.6 Å². The summed E-state index contributed by atoms with van der Waals surface area (Å²) in [5, 5.41) is 12.2. The summed E-state index contributed by atoms with van der Waals surface area (Å²) < 4.78 is 0. The van der Waals surface area contributed by atoms with Crippen molar-refractivity contribution >= 4 is 17.3 Å². The molecule has 0 bridgehead atoms. The van der Waals surface area contributed by atoms with E-state index in [0.29, 0.717) is 18.7 Å². The fourth-order valence-electron chi connectivity index (χ4n) is 1.85. The van der Waals surface area contributed by atoms with Crippen LogP contribution in [0.15, 0.2) is 18.2 Å². The first-order chi connectivity index (χ1) is 9.31. The summed E-state index contributed by atoms with van der Waals surface area (Å²) in [7, 11) is 1.88. The highest BCUT2D eigenvalue weighted by Crippen LogP contribution is 2.18. The third-order valence-corrected chi connectivity index (χ3v) is 3.45. The molecule has 1 amide bonds. The number of benzene rings is 1. The first-order valence-corrected chi connectivity index (χ1v) is 6.86. The number of aliphatic hydroxyl groups excluding tert-OH is 1. The average Bonchev–Trinajstić information content (AvgIpc) is 2.38. The molecule has 0 saturated carbocycles. The Balaban J connectivity index is 2.61. The van der Waals surface area contributed by atoms with Crippen LogP contribution in [0.3, 0.4) is 0 Å². The van der Waals surface area contributed by atoms with E-state index in [4.69, 9.17) is 5.73 Å². The molecule has 0 radical (unpaired) electrons. The Morgan fingerprint density at radius 3 is 2.65 bits per heavy atom. The largest absolute Gasteiger partial charge is 0.399 e. The van der Waals surface area contributed by atoms with Crippen LogP contribution < -0.4 is 11.1 Å². The molecular formula is C15H25N3O2. The number of hydrogen-bond acceptors (Lipinski definition) is 4. The van der Waals surface area contributed by atoms with Gasteiger partial charge in [-0.2, -0.15) is 0 Å². The lowest BCUT2D eigenvalue weighted by Crippen LogP contribution is -2.40. The average molecular weight is 279 g/mol. The number of aliphatic hydroxyl groups is 1. The van der Waals surface area contributed by atoms with Gasteiger partial charge in [-0.1, -0.05) is 0 Å². The summed E-state index contributed by atoms with van der Waals surface area (Å²) in [4.78, 5) is 14.1. The van der Waals surface area contributed by atoms with Gasteiger partial charge in [-0.25, -0.2) is 0 Å². The number of likely N-dealkylation sites (N-methyl/N-ethyl adjacent to an activating group) is 1. The van der Waals surface area contributed by atoms with E-state index in [0.717, 1.165) is 11.3 Å². The zero-order valence-corrected chi connectivity index (χ0v) is 12.7. The minimum absolute atomic E-state index is 0.0639. The van der Waals surface area contributed by atoms with E-state index >= 15 is 0 Å². The molecule has 1 rings (SSSR count). The molecule has 0 spiro atoms. The molecule has 0 heterocycles. The molecule has 1 aromatic carbocycles. The van der Waals surface area contributed by atoms with Gasteiger partial charge >= 0.3 is 0 Å². The van der Waals surface area contributed by atoms with Crippen molar-refractivity contribution in [1.82, 2.24) is 4.90 Å². The van der Waals surface area contributed by atoms with Gasteiger partial charge < -0.3 is 16.2 Å². The summed E-state index contributed by atoms with van der Waals surface area (Å²) in [6.45, 7) is 6.18. The van der Waals surface area contributed by atoms with Gasteiger partial charge in [0.05, 0.1) is 12.1 Å². The molecule has 0 aliphatic rings. The van der Waals surface area contributed by atoms with Crippen LogP contribution in [0.5, 0.6) is 0 Å². The monoisotopic (exact) mass is 279 g/mol. The molecule has 112 valence electrons. The number of nitrogens with zero attached hydrogens (tertiary/aromatic N) is 1. The van der Waals surface area contributed by atoms with Gasteiger partial charge in [-0.05, 0) is 58.0 Å². The standard InChI is InChI=1S/C15H25N3O2/c1-10-9-13(16)5-6-14(10)17-15(20)12(3)18(4)8-7-11(2)19/h5-6,9,11-12,19H,7-8,16H2,1-4H3,(H,17,20). The van der Waals surface area contributed by atoms with Gasteiger partial charge in [0.25, 0.3) is 0 Å². The lowest BCUT2D eigenvalue weighted by atomic mass is 10.1. The number of amides is 1. The van der Waals surface area contributed by atoms with Crippen LogP contribution in [0.1, 0.15) is 25.8 Å². The molecule has 2 atom stereocenters. The van der Waals surface area contributed by atoms with Crippen molar-refractivity contribution in [3.05, 3.63) is 23.8 Å². The Bertz CT molecular complexity index is 460. The van der Waals surface area contributed by atoms with E-state index < -0.39 is 0 Å². The molecule has 0 aliphatic heterocycles. The fraction of sp³-hybridized carbons (Fsp3) is 0.533. The Morgan fingerprint density at radius 2 is 2.10 bits per heavy atom.